The van der Waals surface area contributed by atoms with E-state index in [-0.39, 0.29) is 27.8 Å². The number of nitrogens with zero attached hydrogens (tertiary/aromatic N) is 1. The Morgan fingerprint density at radius 3 is 2.44 bits per heavy atom. The zero-order valence-corrected chi connectivity index (χ0v) is 20.7. The highest BCUT2D eigenvalue weighted by molar-refractivity contribution is 8.18. The lowest BCUT2D eigenvalue weighted by Crippen LogP contribution is -2.28. The van der Waals surface area contributed by atoms with Gasteiger partial charge in [0.25, 0.3) is 11.1 Å². The van der Waals surface area contributed by atoms with Crippen LogP contribution in [0.4, 0.5) is 9.18 Å². The molecule has 0 unspecified atom stereocenters. The molecule has 3 aromatic rings. The van der Waals surface area contributed by atoms with Gasteiger partial charge in [0.05, 0.1) is 31.2 Å². The van der Waals surface area contributed by atoms with Crippen molar-refractivity contribution < 1.29 is 33.0 Å². The highest BCUT2D eigenvalue weighted by atomic mass is 35.5. The fourth-order valence-electron chi connectivity index (χ4n) is 3.38. The average molecular weight is 528 g/mol. The number of ether oxygens (including phenoxy) is 3. The Bertz CT molecular complexity index is 1360. The van der Waals surface area contributed by atoms with E-state index in [1.807, 2.05) is 0 Å². The van der Waals surface area contributed by atoms with Gasteiger partial charge < -0.3 is 14.2 Å². The molecule has 0 saturated carbocycles. The lowest BCUT2D eigenvalue weighted by molar-refractivity contribution is -0.123. The van der Waals surface area contributed by atoms with Crippen molar-refractivity contribution >= 4 is 46.6 Å². The Morgan fingerprint density at radius 1 is 1.03 bits per heavy atom. The molecule has 1 fully saturated rings. The summed E-state index contributed by atoms with van der Waals surface area (Å²) in [5.41, 5.74) is 0.846. The third-order valence-electron chi connectivity index (χ3n) is 5.27. The van der Waals surface area contributed by atoms with Crippen LogP contribution < -0.4 is 14.2 Å². The Balaban J connectivity index is 1.56. The van der Waals surface area contributed by atoms with E-state index in [9.17, 15) is 18.8 Å². The number of thioether (sulfide) groups is 1. The highest BCUT2D eigenvalue weighted by Crippen LogP contribution is 2.36. The number of hydrogen-bond acceptors (Lipinski definition) is 7. The van der Waals surface area contributed by atoms with Gasteiger partial charge in [0.2, 0.25) is 0 Å². The van der Waals surface area contributed by atoms with Gasteiger partial charge in [-0.25, -0.2) is 9.18 Å². The van der Waals surface area contributed by atoms with Crippen molar-refractivity contribution in [2.24, 2.45) is 0 Å². The summed E-state index contributed by atoms with van der Waals surface area (Å²) in [5.74, 6) is -0.783. The molecule has 0 spiro atoms. The first-order chi connectivity index (χ1) is 17.3. The van der Waals surface area contributed by atoms with E-state index in [4.69, 9.17) is 25.8 Å². The number of esters is 1. The average Bonchev–Trinajstić information content (AvgIpc) is 3.13. The number of carbonyl (C=O) groups excluding carboxylic acids is 3. The first kappa shape index (κ1) is 25.3. The molecule has 4 rings (SSSR count). The molecule has 1 saturated heterocycles. The van der Waals surface area contributed by atoms with Crippen molar-refractivity contribution in [3.63, 3.8) is 0 Å². The van der Waals surface area contributed by atoms with Crippen LogP contribution in [0.15, 0.2) is 65.6 Å². The van der Waals surface area contributed by atoms with Gasteiger partial charge in [-0.05, 0) is 71.9 Å². The van der Waals surface area contributed by atoms with Gasteiger partial charge in [0.15, 0.2) is 11.5 Å². The summed E-state index contributed by atoms with van der Waals surface area (Å²) in [6, 6.07) is 15.3. The molecule has 7 nitrogen and oxygen atoms in total. The molecule has 1 heterocycles. The van der Waals surface area contributed by atoms with Gasteiger partial charge in [0.1, 0.15) is 11.6 Å². The van der Waals surface area contributed by atoms with Crippen LogP contribution in [0.2, 0.25) is 5.02 Å². The number of methoxy groups -OCH3 is 2. The second-order valence-corrected chi connectivity index (χ2v) is 8.90. The van der Waals surface area contributed by atoms with E-state index >= 15 is 0 Å². The lowest BCUT2D eigenvalue weighted by Gasteiger charge is -2.14. The summed E-state index contributed by atoms with van der Waals surface area (Å²) >= 11 is 6.77. The molecule has 1 aliphatic rings. The van der Waals surface area contributed by atoms with Crippen molar-refractivity contribution in [3.05, 3.63) is 93.1 Å². The third-order valence-corrected chi connectivity index (χ3v) is 6.53. The lowest BCUT2D eigenvalue weighted by atomic mass is 10.1. The molecule has 1 aliphatic heterocycles. The summed E-state index contributed by atoms with van der Waals surface area (Å²) in [6.07, 6.45) is 1.48. The molecule has 0 bridgehead atoms. The van der Waals surface area contributed by atoms with Gasteiger partial charge in [0, 0.05) is 10.6 Å². The zero-order valence-electron chi connectivity index (χ0n) is 19.1. The standard InChI is InChI=1S/C26H19ClFNO6S/c1-33-17-9-7-16(8-10-17)25(31)35-22-12-15(6-11-21(22)34-2)13-23-24(30)29(26(32)36-23)14-18-19(27)4-3-5-20(18)28/h3-13H,14H2,1-2H3/b23-13-. The van der Waals surface area contributed by atoms with Gasteiger partial charge in [-0.2, -0.15) is 0 Å². The Morgan fingerprint density at radius 2 is 1.78 bits per heavy atom. The van der Waals surface area contributed by atoms with Crippen molar-refractivity contribution in [2.75, 3.05) is 14.2 Å². The fraction of sp³-hybridized carbons (Fsp3) is 0.115. The monoisotopic (exact) mass is 527 g/mol. The SMILES string of the molecule is COc1ccc(C(=O)Oc2cc(/C=C3\SC(=O)N(Cc4c(F)cccc4Cl)C3=O)ccc2OC)cc1. The summed E-state index contributed by atoms with van der Waals surface area (Å²) in [5, 5.41) is -0.429. The number of carbonyl (C=O) groups is 3. The molecular weight excluding hydrogens is 509 g/mol. The van der Waals surface area contributed by atoms with Crippen molar-refractivity contribution in [1.29, 1.82) is 0 Å². The van der Waals surface area contributed by atoms with Crippen LogP contribution in [0, 0.1) is 5.82 Å². The highest BCUT2D eigenvalue weighted by Gasteiger charge is 2.36. The van der Waals surface area contributed by atoms with Crippen molar-refractivity contribution in [3.8, 4) is 17.2 Å². The fourth-order valence-corrected chi connectivity index (χ4v) is 4.44. The van der Waals surface area contributed by atoms with Crippen LogP contribution in [0.3, 0.4) is 0 Å². The topological polar surface area (TPSA) is 82.1 Å². The Labute approximate surface area is 215 Å². The molecule has 0 N–H and O–H groups in total. The molecule has 36 heavy (non-hydrogen) atoms. The molecule has 0 aliphatic carbocycles. The minimum atomic E-state index is -0.616. The van der Waals surface area contributed by atoms with E-state index in [1.165, 1.54) is 44.6 Å². The number of halogens is 2. The molecule has 10 heteroatoms. The van der Waals surface area contributed by atoms with Gasteiger partial charge >= 0.3 is 5.97 Å². The molecule has 0 radical (unpaired) electrons. The van der Waals surface area contributed by atoms with E-state index in [1.54, 1.807) is 36.4 Å². The Hall–Kier alpha value is -3.82. The molecular formula is C26H19ClFNO6S. The number of amides is 2. The molecule has 2 amide bonds. The maximum absolute atomic E-state index is 14.2. The van der Waals surface area contributed by atoms with Crippen molar-refractivity contribution in [2.45, 2.75) is 6.54 Å². The first-order valence-electron chi connectivity index (χ1n) is 10.5. The zero-order chi connectivity index (χ0) is 25.8. The minimum absolute atomic E-state index is 0.0555. The number of benzene rings is 3. The third kappa shape index (κ3) is 5.37. The smallest absolute Gasteiger partial charge is 0.343 e. The predicted molar refractivity (Wildman–Crippen MR) is 134 cm³/mol. The van der Waals surface area contributed by atoms with Crippen molar-refractivity contribution in [1.82, 2.24) is 4.90 Å². The summed E-state index contributed by atoms with van der Waals surface area (Å²) in [4.78, 5) is 39.1. The van der Waals surface area contributed by atoms with E-state index in [2.05, 4.69) is 0 Å². The van der Waals surface area contributed by atoms with Crippen LogP contribution in [0.1, 0.15) is 21.5 Å². The summed E-state index contributed by atoms with van der Waals surface area (Å²) < 4.78 is 30.1. The maximum atomic E-state index is 14.2. The number of hydrogen-bond donors (Lipinski definition) is 0. The van der Waals surface area contributed by atoms with Crippen LogP contribution in [-0.2, 0) is 11.3 Å². The molecule has 3 aromatic carbocycles. The van der Waals surface area contributed by atoms with Crippen LogP contribution in [0.25, 0.3) is 6.08 Å². The molecule has 184 valence electrons. The van der Waals surface area contributed by atoms with E-state index < -0.39 is 22.9 Å². The first-order valence-corrected chi connectivity index (χ1v) is 11.7. The molecule has 0 aromatic heterocycles. The van der Waals surface area contributed by atoms with Gasteiger partial charge in [-0.1, -0.05) is 23.7 Å². The largest absolute Gasteiger partial charge is 0.497 e. The number of imide groups is 1. The van der Waals surface area contributed by atoms with Crippen LogP contribution in [-0.4, -0.2) is 36.2 Å². The maximum Gasteiger partial charge on any atom is 0.343 e. The predicted octanol–water partition coefficient (Wildman–Crippen LogP) is 5.95. The summed E-state index contributed by atoms with van der Waals surface area (Å²) in [7, 11) is 2.95. The van der Waals surface area contributed by atoms with E-state index in [0.717, 1.165) is 16.7 Å². The van der Waals surface area contributed by atoms with Gasteiger partial charge in [-0.3, -0.25) is 14.5 Å². The van der Waals surface area contributed by atoms with Crippen LogP contribution in [0.5, 0.6) is 17.2 Å². The second kappa shape index (κ2) is 10.8. The summed E-state index contributed by atoms with van der Waals surface area (Å²) in [6.45, 7) is -0.291. The minimum Gasteiger partial charge on any atom is -0.497 e. The number of rotatable bonds is 7. The normalized spacial score (nSPS) is 14.3. The second-order valence-electron chi connectivity index (χ2n) is 7.50. The van der Waals surface area contributed by atoms with Gasteiger partial charge in [-0.15, -0.1) is 0 Å². The van der Waals surface area contributed by atoms with Crippen LogP contribution >= 0.6 is 23.4 Å². The molecule has 0 atom stereocenters. The Kier molecular flexibility index (Phi) is 7.61. The quantitative estimate of drug-likeness (QED) is 0.213. The van der Waals surface area contributed by atoms with E-state index in [0.29, 0.717) is 22.6 Å².